The fraction of sp³-hybridized carbons (Fsp3) is 0.375. The van der Waals surface area contributed by atoms with E-state index in [1.807, 2.05) is 13.8 Å². The van der Waals surface area contributed by atoms with Gasteiger partial charge in [-0.25, -0.2) is 8.42 Å². The van der Waals surface area contributed by atoms with Gasteiger partial charge in [0.1, 0.15) is 24.1 Å². The predicted octanol–water partition coefficient (Wildman–Crippen LogP) is 5.49. The lowest BCUT2D eigenvalue weighted by Crippen LogP contribution is -2.53. The van der Waals surface area contributed by atoms with Crippen LogP contribution in [0.1, 0.15) is 44.7 Å². The molecule has 0 aliphatic heterocycles. The van der Waals surface area contributed by atoms with Crippen LogP contribution in [0.3, 0.4) is 0 Å². The Labute approximate surface area is 274 Å². The standard InChI is InChI=1S/C32H39ClN4O8S/c1-7-22(4)34-32(39)27(8-2)35(19-23-10-13-25(44-5)14-11-23)31(38)20-36(29-17-24(33)12-16-30(29)45-6)46(42,43)26-15-9-21(3)28(18-26)37(40)41/h9-18,22,27H,7-8,19-20H2,1-6H3,(H,34,39)/t22-,27-/m0/s1. The van der Waals surface area contributed by atoms with Crippen LogP contribution < -0.4 is 19.1 Å². The molecule has 2 atom stereocenters. The molecule has 46 heavy (non-hydrogen) atoms. The van der Waals surface area contributed by atoms with Crippen LogP contribution in [0.15, 0.2) is 65.6 Å². The van der Waals surface area contributed by atoms with Crippen molar-refractivity contribution in [2.24, 2.45) is 0 Å². The molecule has 248 valence electrons. The quantitative estimate of drug-likeness (QED) is 0.164. The number of aryl methyl sites for hydroxylation is 1. The van der Waals surface area contributed by atoms with Crippen molar-refractivity contribution in [3.63, 3.8) is 0 Å². The second-order valence-corrected chi connectivity index (χ2v) is 12.9. The van der Waals surface area contributed by atoms with Gasteiger partial charge in [-0.2, -0.15) is 0 Å². The molecule has 0 saturated carbocycles. The van der Waals surface area contributed by atoms with Gasteiger partial charge in [0.05, 0.1) is 29.7 Å². The molecule has 0 saturated heterocycles. The number of benzene rings is 3. The normalized spacial score (nSPS) is 12.5. The molecule has 2 amide bonds. The summed E-state index contributed by atoms with van der Waals surface area (Å²) in [5, 5.41) is 14.8. The first kappa shape index (κ1) is 36.1. The van der Waals surface area contributed by atoms with Crippen molar-refractivity contribution in [2.75, 3.05) is 25.1 Å². The van der Waals surface area contributed by atoms with Crippen molar-refractivity contribution in [1.29, 1.82) is 0 Å². The number of carbonyl (C=O) groups is 2. The molecular formula is C32H39ClN4O8S. The van der Waals surface area contributed by atoms with Gasteiger partial charge in [0, 0.05) is 29.2 Å². The van der Waals surface area contributed by atoms with E-state index in [1.165, 1.54) is 56.4 Å². The highest BCUT2D eigenvalue weighted by Gasteiger charge is 2.36. The van der Waals surface area contributed by atoms with Gasteiger partial charge < -0.3 is 19.7 Å². The van der Waals surface area contributed by atoms with E-state index in [-0.39, 0.29) is 46.9 Å². The van der Waals surface area contributed by atoms with Gasteiger partial charge in [-0.05, 0) is 68.7 Å². The first-order chi connectivity index (χ1) is 21.8. The van der Waals surface area contributed by atoms with Gasteiger partial charge in [-0.15, -0.1) is 0 Å². The summed E-state index contributed by atoms with van der Waals surface area (Å²) in [5.74, 6) is -0.400. The second kappa shape index (κ2) is 15.8. The molecule has 0 aliphatic carbocycles. The van der Waals surface area contributed by atoms with E-state index in [1.54, 1.807) is 31.2 Å². The maximum Gasteiger partial charge on any atom is 0.273 e. The van der Waals surface area contributed by atoms with Crippen molar-refractivity contribution in [1.82, 2.24) is 10.2 Å². The maximum absolute atomic E-state index is 14.3. The average molecular weight is 675 g/mol. The number of rotatable bonds is 15. The third-order valence-corrected chi connectivity index (χ3v) is 9.54. The molecule has 12 nitrogen and oxygen atoms in total. The number of anilines is 1. The van der Waals surface area contributed by atoms with Crippen LogP contribution in [0.5, 0.6) is 11.5 Å². The number of methoxy groups -OCH3 is 2. The van der Waals surface area contributed by atoms with Crippen LogP contribution in [-0.2, 0) is 26.2 Å². The Morgan fingerprint density at radius 2 is 1.67 bits per heavy atom. The van der Waals surface area contributed by atoms with Gasteiger partial charge in [-0.1, -0.05) is 43.6 Å². The van der Waals surface area contributed by atoms with E-state index in [2.05, 4.69) is 5.32 Å². The lowest BCUT2D eigenvalue weighted by molar-refractivity contribution is -0.385. The smallest absolute Gasteiger partial charge is 0.273 e. The van der Waals surface area contributed by atoms with Crippen molar-refractivity contribution < 1.29 is 32.4 Å². The molecule has 3 aromatic rings. The molecule has 0 radical (unpaired) electrons. The van der Waals surface area contributed by atoms with Crippen LogP contribution >= 0.6 is 11.6 Å². The number of ether oxygens (including phenoxy) is 2. The summed E-state index contributed by atoms with van der Waals surface area (Å²) in [6.07, 6.45) is 0.902. The van der Waals surface area contributed by atoms with Crippen LogP contribution in [0.2, 0.25) is 5.02 Å². The fourth-order valence-electron chi connectivity index (χ4n) is 4.73. The molecule has 3 rings (SSSR count). The monoisotopic (exact) mass is 674 g/mol. The van der Waals surface area contributed by atoms with Gasteiger partial charge in [-0.3, -0.25) is 24.0 Å². The van der Waals surface area contributed by atoms with E-state index >= 15 is 0 Å². The van der Waals surface area contributed by atoms with Gasteiger partial charge in [0.25, 0.3) is 15.7 Å². The summed E-state index contributed by atoms with van der Waals surface area (Å²) in [6, 6.07) is 13.6. The summed E-state index contributed by atoms with van der Waals surface area (Å²) in [6.45, 7) is 6.22. The first-order valence-corrected chi connectivity index (χ1v) is 16.4. The summed E-state index contributed by atoms with van der Waals surface area (Å²) in [7, 11) is -1.78. The molecule has 0 spiro atoms. The van der Waals surface area contributed by atoms with E-state index in [4.69, 9.17) is 21.1 Å². The van der Waals surface area contributed by atoms with E-state index < -0.39 is 44.0 Å². The van der Waals surface area contributed by atoms with Gasteiger partial charge >= 0.3 is 0 Å². The molecule has 1 N–H and O–H groups in total. The molecule has 0 aromatic heterocycles. The zero-order valence-corrected chi connectivity index (χ0v) is 28.2. The Morgan fingerprint density at radius 3 is 2.24 bits per heavy atom. The van der Waals surface area contributed by atoms with Crippen LogP contribution in [-0.4, -0.2) is 62.9 Å². The Bertz CT molecular complexity index is 1670. The summed E-state index contributed by atoms with van der Waals surface area (Å²) >= 11 is 6.28. The van der Waals surface area contributed by atoms with Crippen molar-refractivity contribution >= 4 is 44.8 Å². The highest BCUT2D eigenvalue weighted by molar-refractivity contribution is 7.92. The first-order valence-electron chi connectivity index (χ1n) is 14.6. The lowest BCUT2D eigenvalue weighted by atomic mass is 10.1. The van der Waals surface area contributed by atoms with Crippen LogP contribution in [0, 0.1) is 17.0 Å². The Morgan fingerprint density at radius 1 is 1.00 bits per heavy atom. The second-order valence-electron chi connectivity index (χ2n) is 10.6. The number of hydrogen-bond donors (Lipinski definition) is 1. The van der Waals surface area contributed by atoms with Crippen LogP contribution in [0.4, 0.5) is 11.4 Å². The topological polar surface area (TPSA) is 148 Å². The zero-order chi connectivity index (χ0) is 34.2. The molecule has 0 unspecified atom stereocenters. The third kappa shape index (κ3) is 8.46. The Hall–Kier alpha value is -4.36. The third-order valence-electron chi connectivity index (χ3n) is 7.55. The zero-order valence-electron chi connectivity index (χ0n) is 26.7. The molecule has 0 bridgehead atoms. The highest BCUT2D eigenvalue weighted by atomic mass is 35.5. The number of sulfonamides is 1. The number of amides is 2. The molecule has 0 heterocycles. The number of nitro benzene ring substituents is 1. The van der Waals surface area contributed by atoms with Crippen LogP contribution in [0.25, 0.3) is 0 Å². The largest absolute Gasteiger partial charge is 0.497 e. The summed E-state index contributed by atoms with van der Waals surface area (Å²) in [5.41, 5.74) is 0.468. The predicted molar refractivity (Wildman–Crippen MR) is 176 cm³/mol. The molecule has 14 heteroatoms. The van der Waals surface area contributed by atoms with Gasteiger partial charge in [0.15, 0.2) is 0 Å². The van der Waals surface area contributed by atoms with Gasteiger partial charge in [0.2, 0.25) is 11.8 Å². The number of nitro groups is 1. The maximum atomic E-state index is 14.3. The number of nitrogens with zero attached hydrogens (tertiary/aromatic N) is 3. The number of halogens is 1. The van der Waals surface area contributed by atoms with E-state index in [0.717, 1.165) is 10.4 Å². The van der Waals surface area contributed by atoms with Crippen molar-refractivity contribution in [3.05, 3.63) is 86.9 Å². The Kier molecular flexibility index (Phi) is 12.4. The fourth-order valence-corrected chi connectivity index (χ4v) is 6.34. The average Bonchev–Trinajstić information content (AvgIpc) is 3.03. The number of nitrogens with one attached hydrogen (secondary N) is 1. The highest BCUT2D eigenvalue weighted by Crippen LogP contribution is 2.36. The van der Waals surface area contributed by atoms with E-state index in [9.17, 15) is 28.1 Å². The molecule has 0 aliphatic rings. The van der Waals surface area contributed by atoms with Crippen molar-refractivity contribution in [2.45, 2.75) is 64.1 Å². The Balaban J connectivity index is 2.18. The lowest BCUT2D eigenvalue weighted by Gasteiger charge is -2.34. The summed E-state index contributed by atoms with van der Waals surface area (Å²) < 4.78 is 40.1. The minimum Gasteiger partial charge on any atom is -0.497 e. The molecule has 3 aromatic carbocycles. The number of hydrogen-bond acceptors (Lipinski definition) is 8. The molecular weight excluding hydrogens is 636 g/mol. The summed E-state index contributed by atoms with van der Waals surface area (Å²) in [4.78, 5) is 39.7. The SMILES string of the molecule is CC[C@H](C)NC(=O)[C@H](CC)N(Cc1ccc(OC)cc1)C(=O)CN(c1cc(Cl)ccc1OC)S(=O)(=O)c1ccc(C)c([N+](=O)[O-])c1. The number of carbonyl (C=O) groups excluding carboxylic acids is 2. The minimum absolute atomic E-state index is 0.0220. The van der Waals surface area contributed by atoms with Crippen molar-refractivity contribution in [3.8, 4) is 11.5 Å². The molecule has 0 fully saturated rings. The van der Waals surface area contributed by atoms with E-state index in [0.29, 0.717) is 17.7 Å². The minimum atomic E-state index is -4.64.